The van der Waals surface area contributed by atoms with Crippen molar-refractivity contribution in [3.8, 4) is 11.3 Å². The van der Waals surface area contributed by atoms with E-state index >= 15 is 0 Å². The maximum absolute atomic E-state index is 13.1. The molecule has 0 radical (unpaired) electrons. The molecular formula is C12H10FNO2S. The Balaban J connectivity index is 2.59. The Morgan fingerprint density at radius 2 is 2.12 bits per heavy atom. The van der Waals surface area contributed by atoms with Crippen molar-refractivity contribution in [2.24, 2.45) is 0 Å². The van der Waals surface area contributed by atoms with Gasteiger partial charge in [-0.2, -0.15) is 0 Å². The molecule has 0 saturated heterocycles. The van der Waals surface area contributed by atoms with Gasteiger partial charge in [0.1, 0.15) is 10.7 Å². The molecule has 1 aromatic carbocycles. The Morgan fingerprint density at radius 1 is 1.41 bits per heavy atom. The van der Waals surface area contributed by atoms with Gasteiger partial charge in [-0.05, 0) is 37.6 Å². The minimum absolute atomic E-state index is 0.188. The first-order valence-electron chi connectivity index (χ1n) is 4.96. The van der Waals surface area contributed by atoms with Crippen molar-refractivity contribution in [3.05, 3.63) is 39.5 Å². The van der Waals surface area contributed by atoms with E-state index in [-0.39, 0.29) is 10.7 Å². The number of rotatable bonds is 2. The van der Waals surface area contributed by atoms with Gasteiger partial charge in [0, 0.05) is 5.56 Å². The lowest BCUT2D eigenvalue weighted by Crippen LogP contribution is -1.96. The summed E-state index contributed by atoms with van der Waals surface area (Å²) in [6, 6.07) is 4.48. The van der Waals surface area contributed by atoms with Gasteiger partial charge in [-0.25, -0.2) is 14.2 Å². The number of halogens is 1. The molecule has 0 aliphatic carbocycles. The van der Waals surface area contributed by atoms with Crippen molar-refractivity contribution in [1.82, 2.24) is 4.98 Å². The summed E-state index contributed by atoms with van der Waals surface area (Å²) >= 11 is 1.12. The van der Waals surface area contributed by atoms with Gasteiger partial charge in [0.25, 0.3) is 0 Å². The van der Waals surface area contributed by atoms with E-state index in [4.69, 9.17) is 5.11 Å². The van der Waals surface area contributed by atoms with Crippen LogP contribution in [0.1, 0.15) is 20.2 Å². The summed E-state index contributed by atoms with van der Waals surface area (Å²) < 4.78 is 13.1. The molecule has 0 spiro atoms. The van der Waals surface area contributed by atoms with Gasteiger partial charge in [-0.1, -0.05) is 0 Å². The standard InChI is InChI=1S/C12H10FNO2S/c1-6-5-8(3-4-9(6)13)10-11(12(15)16)17-7(2)14-10/h3-5H,1-2H3,(H,15,16). The second kappa shape index (κ2) is 4.25. The normalized spacial score (nSPS) is 10.5. The highest BCUT2D eigenvalue weighted by Crippen LogP contribution is 2.29. The van der Waals surface area contributed by atoms with Crippen LogP contribution < -0.4 is 0 Å². The lowest BCUT2D eigenvalue weighted by molar-refractivity contribution is 0.0702. The number of hydrogen-bond donors (Lipinski definition) is 1. The molecule has 2 rings (SSSR count). The molecular weight excluding hydrogens is 241 g/mol. The van der Waals surface area contributed by atoms with E-state index in [2.05, 4.69) is 4.98 Å². The van der Waals surface area contributed by atoms with Crippen molar-refractivity contribution in [2.45, 2.75) is 13.8 Å². The zero-order valence-corrected chi connectivity index (χ0v) is 10.1. The van der Waals surface area contributed by atoms with E-state index in [1.54, 1.807) is 26.0 Å². The fourth-order valence-corrected chi connectivity index (χ4v) is 2.34. The highest BCUT2D eigenvalue weighted by Gasteiger charge is 2.17. The highest BCUT2D eigenvalue weighted by atomic mass is 32.1. The van der Waals surface area contributed by atoms with Crippen LogP contribution in [0.5, 0.6) is 0 Å². The lowest BCUT2D eigenvalue weighted by atomic mass is 10.1. The molecule has 0 saturated carbocycles. The summed E-state index contributed by atoms with van der Waals surface area (Å²) in [5.41, 5.74) is 1.51. The molecule has 0 aliphatic heterocycles. The predicted octanol–water partition coefficient (Wildman–Crippen LogP) is 3.26. The number of carbonyl (C=O) groups is 1. The zero-order valence-electron chi connectivity index (χ0n) is 9.32. The topological polar surface area (TPSA) is 50.2 Å². The molecule has 1 N–H and O–H groups in total. The van der Waals surface area contributed by atoms with E-state index in [0.717, 1.165) is 11.3 Å². The Bertz CT molecular complexity index is 592. The number of carboxylic acid groups (broad SMARTS) is 1. The molecule has 0 aliphatic rings. The molecule has 3 nitrogen and oxygen atoms in total. The molecule has 5 heteroatoms. The van der Waals surface area contributed by atoms with Crippen LogP contribution in [0.3, 0.4) is 0 Å². The molecule has 0 bridgehead atoms. The molecule has 0 amide bonds. The van der Waals surface area contributed by atoms with Crippen LogP contribution in [-0.2, 0) is 0 Å². The second-order valence-electron chi connectivity index (χ2n) is 3.68. The number of benzene rings is 1. The van der Waals surface area contributed by atoms with Gasteiger partial charge >= 0.3 is 5.97 Å². The Labute approximate surface area is 102 Å². The predicted molar refractivity (Wildman–Crippen MR) is 63.9 cm³/mol. The van der Waals surface area contributed by atoms with Crippen LogP contribution in [0.25, 0.3) is 11.3 Å². The smallest absolute Gasteiger partial charge is 0.348 e. The summed E-state index contributed by atoms with van der Waals surface area (Å²) in [4.78, 5) is 15.4. The Hall–Kier alpha value is -1.75. The fourth-order valence-electron chi connectivity index (χ4n) is 1.56. The molecule has 1 heterocycles. The third-order valence-electron chi connectivity index (χ3n) is 2.36. The molecule has 0 atom stereocenters. The van der Waals surface area contributed by atoms with E-state index in [0.29, 0.717) is 21.8 Å². The van der Waals surface area contributed by atoms with Crippen LogP contribution in [0.4, 0.5) is 4.39 Å². The maximum Gasteiger partial charge on any atom is 0.348 e. The molecule has 2 aromatic rings. The van der Waals surface area contributed by atoms with E-state index < -0.39 is 5.97 Å². The first kappa shape index (κ1) is 11.7. The molecule has 0 unspecified atom stereocenters. The zero-order chi connectivity index (χ0) is 12.6. The number of thiazole rings is 1. The number of aromatic carboxylic acids is 1. The maximum atomic E-state index is 13.1. The van der Waals surface area contributed by atoms with Crippen LogP contribution in [-0.4, -0.2) is 16.1 Å². The number of aromatic nitrogens is 1. The summed E-state index contributed by atoms with van der Waals surface area (Å²) in [6.45, 7) is 3.38. The first-order valence-corrected chi connectivity index (χ1v) is 5.78. The SMILES string of the molecule is Cc1nc(-c2ccc(F)c(C)c2)c(C(=O)O)s1. The third kappa shape index (κ3) is 2.19. The highest BCUT2D eigenvalue weighted by molar-refractivity contribution is 7.14. The summed E-state index contributed by atoms with van der Waals surface area (Å²) in [6.07, 6.45) is 0. The minimum Gasteiger partial charge on any atom is -0.477 e. The van der Waals surface area contributed by atoms with E-state index in [1.165, 1.54) is 6.07 Å². The summed E-state index contributed by atoms with van der Waals surface area (Å²) in [5, 5.41) is 9.74. The number of nitrogens with zero attached hydrogens (tertiary/aromatic N) is 1. The quantitative estimate of drug-likeness (QED) is 0.891. The van der Waals surface area contributed by atoms with Crippen molar-refractivity contribution >= 4 is 17.3 Å². The number of hydrogen-bond acceptors (Lipinski definition) is 3. The minimum atomic E-state index is -1.01. The first-order chi connectivity index (χ1) is 7.99. The molecule has 88 valence electrons. The van der Waals surface area contributed by atoms with Gasteiger partial charge in [0.05, 0.1) is 10.7 Å². The monoisotopic (exact) mass is 251 g/mol. The van der Waals surface area contributed by atoms with Gasteiger partial charge in [0.2, 0.25) is 0 Å². The molecule has 0 fully saturated rings. The van der Waals surface area contributed by atoms with Gasteiger partial charge in [-0.15, -0.1) is 11.3 Å². The van der Waals surface area contributed by atoms with E-state index in [9.17, 15) is 9.18 Å². The van der Waals surface area contributed by atoms with Gasteiger partial charge in [-0.3, -0.25) is 0 Å². The Morgan fingerprint density at radius 3 is 2.71 bits per heavy atom. The summed E-state index contributed by atoms with van der Waals surface area (Å²) in [7, 11) is 0. The van der Waals surface area contributed by atoms with Gasteiger partial charge in [0.15, 0.2) is 0 Å². The van der Waals surface area contributed by atoms with Crippen LogP contribution >= 0.6 is 11.3 Å². The van der Waals surface area contributed by atoms with E-state index in [1.807, 2.05) is 0 Å². The number of carboxylic acids is 1. The number of aryl methyl sites for hydroxylation is 2. The molecule has 1 aromatic heterocycles. The van der Waals surface area contributed by atoms with Crippen LogP contribution in [0, 0.1) is 19.7 Å². The Kier molecular flexibility index (Phi) is 2.93. The largest absolute Gasteiger partial charge is 0.477 e. The summed E-state index contributed by atoms with van der Waals surface area (Å²) in [5.74, 6) is -1.31. The fraction of sp³-hybridized carbons (Fsp3) is 0.167. The molecule has 17 heavy (non-hydrogen) atoms. The third-order valence-corrected chi connectivity index (χ3v) is 3.32. The van der Waals surface area contributed by atoms with Crippen molar-refractivity contribution < 1.29 is 14.3 Å². The van der Waals surface area contributed by atoms with Crippen LogP contribution in [0.2, 0.25) is 0 Å². The van der Waals surface area contributed by atoms with Crippen molar-refractivity contribution in [1.29, 1.82) is 0 Å². The average molecular weight is 251 g/mol. The van der Waals surface area contributed by atoms with Crippen molar-refractivity contribution in [2.75, 3.05) is 0 Å². The van der Waals surface area contributed by atoms with Gasteiger partial charge < -0.3 is 5.11 Å². The average Bonchev–Trinajstić information content (AvgIpc) is 2.64. The second-order valence-corrected chi connectivity index (χ2v) is 4.88. The lowest BCUT2D eigenvalue weighted by Gasteiger charge is -2.01. The van der Waals surface area contributed by atoms with Crippen molar-refractivity contribution in [3.63, 3.8) is 0 Å². The van der Waals surface area contributed by atoms with Crippen LogP contribution in [0.15, 0.2) is 18.2 Å².